The smallest absolute Gasteiger partial charge is 0.239 e. The molecule has 0 heterocycles. The first-order valence-electron chi connectivity index (χ1n) is 5.79. The molecule has 0 aromatic rings. The molecule has 5 heteroatoms. The minimum atomic E-state index is -0.110. The molecule has 0 radical (unpaired) electrons. The van der Waals surface area contributed by atoms with Gasteiger partial charge in [0.2, 0.25) is 11.8 Å². The van der Waals surface area contributed by atoms with Gasteiger partial charge < -0.3 is 15.5 Å². The highest BCUT2D eigenvalue weighted by molar-refractivity contribution is 5.85. The summed E-state index contributed by atoms with van der Waals surface area (Å²) >= 11 is 0. The van der Waals surface area contributed by atoms with Gasteiger partial charge in [0.05, 0.1) is 13.1 Å². The van der Waals surface area contributed by atoms with Crippen LogP contribution in [0.15, 0.2) is 0 Å². The predicted octanol–water partition coefficient (Wildman–Crippen LogP) is -0.0310. The van der Waals surface area contributed by atoms with Gasteiger partial charge in [-0.2, -0.15) is 0 Å². The molecule has 2 amide bonds. The average Bonchev–Trinajstić information content (AvgIpc) is 2.21. The van der Waals surface area contributed by atoms with Crippen molar-refractivity contribution in [2.75, 3.05) is 26.2 Å². The third-order valence-electron chi connectivity index (χ3n) is 2.04. The summed E-state index contributed by atoms with van der Waals surface area (Å²) in [6.45, 7) is 9.33. The van der Waals surface area contributed by atoms with Crippen molar-refractivity contribution in [3.05, 3.63) is 0 Å². The molecule has 0 aliphatic rings. The highest BCUT2D eigenvalue weighted by Gasteiger charge is 2.14. The lowest BCUT2D eigenvalue weighted by Crippen LogP contribution is -2.45. The Bertz CT molecular complexity index is 229. The number of carbonyl (C=O) groups is 2. The van der Waals surface area contributed by atoms with Crippen LogP contribution in [0.5, 0.6) is 0 Å². The molecule has 0 rings (SSSR count). The molecule has 0 saturated carbocycles. The second-order valence-corrected chi connectivity index (χ2v) is 3.91. The summed E-state index contributed by atoms with van der Waals surface area (Å²) in [6, 6.07) is 0.107. The highest BCUT2D eigenvalue weighted by atomic mass is 16.2. The number of amides is 2. The molecule has 0 aromatic heterocycles. The summed E-state index contributed by atoms with van der Waals surface area (Å²) in [6.07, 6.45) is 0. The standard InChI is InChI=1S/C11H23N3O2/c1-5-12-7-11(16)14(6-2)8-10(15)13-9(3)4/h9,12H,5-8H2,1-4H3,(H,13,15). The van der Waals surface area contributed by atoms with Gasteiger partial charge in [-0.15, -0.1) is 0 Å². The van der Waals surface area contributed by atoms with Crippen molar-refractivity contribution >= 4 is 11.8 Å². The zero-order valence-electron chi connectivity index (χ0n) is 10.7. The van der Waals surface area contributed by atoms with E-state index in [2.05, 4.69) is 10.6 Å². The molecule has 0 aliphatic carbocycles. The lowest BCUT2D eigenvalue weighted by Gasteiger charge is -2.21. The van der Waals surface area contributed by atoms with Gasteiger partial charge >= 0.3 is 0 Å². The third-order valence-corrected chi connectivity index (χ3v) is 2.04. The van der Waals surface area contributed by atoms with Gasteiger partial charge in [-0.1, -0.05) is 6.92 Å². The number of hydrogen-bond acceptors (Lipinski definition) is 3. The largest absolute Gasteiger partial charge is 0.352 e. The van der Waals surface area contributed by atoms with Crippen molar-refractivity contribution in [3.8, 4) is 0 Å². The van der Waals surface area contributed by atoms with Gasteiger partial charge in [-0.3, -0.25) is 9.59 Å². The minimum absolute atomic E-state index is 0.0387. The molecule has 0 fully saturated rings. The summed E-state index contributed by atoms with van der Waals surface area (Å²) in [4.78, 5) is 24.7. The van der Waals surface area contributed by atoms with Crippen molar-refractivity contribution < 1.29 is 9.59 Å². The van der Waals surface area contributed by atoms with E-state index in [1.165, 1.54) is 0 Å². The molecule has 94 valence electrons. The molecule has 0 bridgehead atoms. The van der Waals surface area contributed by atoms with E-state index in [1.54, 1.807) is 4.90 Å². The second kappa shape index (κ2) is 8.10. The maximum Gasteiger partial charge on any atom is 0.239 e. The minimum Gasteiger partial charge on any atom is -0.352 e. The van der Waals surface area contributed by atoms with Gasteiger partial charge in [0.25, 0.3) is 0 Å². The Morgan fingerprint density at radius 2 is 1.88 bits per heavy atom. The quantitative estimate of drug-likeness (QED) is 0.644. The molecule has 16 heavy (non-hydrogen) atoms. The van der Waals surface area contributed by atoms with E-state index in [1.807, 2.05) is 27.7 Å². The average molecular weight is 229 g/mol. The Morgan fingerprint density at radius 3 is 2.31 bits per heavy atom. The molecule has 5 nitrogen and oxygen atoms in total. The zero-order chi connectivity index (χ0) is 12.6. The maximum absolute atomic E-state index is 11.6. The number of carbonyl (C=O) groups excluding carboxylic acids is 2. The summed E-state index contributed by atoms with van der Waals surface area (Å²) in [5.74, 6) is -0.148. The fourth-order valence-electron chi connectivity index (χ4n) is 1.26. The SMILES string of the molecule is CCNCC(=O)N(CC)CC(=O)NC(C)C. The van der Waals surface area contributed by atoms with Crippen LogP contribution in [0.2, 0.25) is 0 Å². The lowest BCUT2D eigenvalue weighted by atomic mass is 10.3. The van der Waals surface area contributed by atoms with E-state index in [0.717, 1.165) is 6.54 Å². The first-order chi connectivity index (χ1) is 7.51. The van der Waals surface area contributed by atoms with Gasteiger partial charge in [0, 0.05) is 12.6 Å². The van der Waals surface area contributed by atoms with Crippen molar-refractivity contribution in [3.63, 3.8) is 0 Å². The van der Waals surface area contributed by atoms with Crippen LogP contribution in [-0.4, -0.2) is 48.9 Å². The van der Waals surface area contributed by atoms with Crippen LogP contribution in [-0.2, 0) is 9.59 Å². The molecule has 0 atom stereocenters. The first kappa shape index (κ1) is 14.9. The van der Waals surface area contributed by atoms with Gasteiger partial charge in [-0.25, -0.2) is 0 Å². The van der Waals surface area contributed by atoms with Crippen LogP contribution >= 0.6 is 0 Å². The molecule has 0 saturated heterocycles. The first-order valence-corrected chi connectivity index (χ1v) is 5.79. The van der Waals surface area contributed by atoms with Gasteiger partial charge in [-0.05, 0) is 27.3 Å². The van der Waals surface area contributed by atoms with Crippen LogP contribution in [0.4, 0.5) is 0 Å². The Labute approximate surface area is 97.6 Å². The molecule has 0 unspecified atom stereocenters. The Balaban J connectivity index is 4.08. The van der Waals surface area contributed by atoms with E-state index in [9.17, 15) is 9.59 Å². The van der Waals surface area contributed by atoms with Crippen molar-refractivity contribution in [1.82, 2.24) is 15.5 Å². The van der Waals surface area contributed by atoms with Crippen molar-refractivity contribution in [1.29, 1.82) is 0 Å². The van der Waals surface area contributed by atoms with E-state index in [-0.39, 0.29) is 24.4 Å². The monoisotopic (exact) mass is 229 g/mol. The molecule has 2 N–H and O–H groups in total. The molecular formula is C11H23N3O2. The molecule has 0 aliphatic heterocycles. The Morgan fingerprint density at radius 1 is 1.25 bits per heavy atom. The van der Waals surface area contributed by atoms with Crippen LogP contribution in [0.25, 0.3) is 0 Å². The zero-order valence-corrected chi connectivity index (χ0v) is 10.7. The number of nitrogens with zero attached hydrogens (tertiary/aromatic N) is 1. The summed E-state index contributed by atoms with van der Waals surface area (Å²) in [5, 5.41) is 5.72. The Hall–Kier alpha value is -1.10. The molecular weight excluding hydrogens is 206 g/mol. The van der Waals surface area contributed by atoms with E-state index < -0.39 is 0 Å². The summed E-state index contributed by atoms with van der Waals surface area (Å²) in [5.41, 5.74) is 0. The van der Waals surface area contributed by atoms with Crippen LogP contribution in [0.3, 0.4) is 0 Å². The molecule has 0 spiro atoms. The maximum atomic E-state index is 11.6. The predicted molar refractivity (Wildman–Crippen MR) is 64.1 cm³/mol. The number of likely N-dealkylation sites (N-methyl/N-ethyl adjacent to an activating group) is 2. The molecule has 0 aromatic carbocycles. The van der Waals surface area contributed by atoms with Gasteiger partial charge in [0.1, 0.15) is 0 Å². The van der Waals surface area contributed by atoms with Crippen molar-refractivity contribution in [2.45, 2.75) is 33.7 Å². The fraction of sp³-hybridized carbons (Fsp3) is 0.818. The van der Waals surface area contributed by atoms with E-state index in [4.69, 9.17) is 0 Å². The number of rotatable bonds is 7. The summed E-state index contributed by atoms with van der Waals surface area (Å²) in [7, 11) is 0. The van der Waals surface area contributed by atoms with Gasteiger partial charge in [0.15, 0.2) is 0 Å². The van der Waals surface area contributed by atoms with E-state index >= 15 is 0 Å². The Kier molecular flexibility index (Phi) is 7.54. The topological polar surface area (TPSA) is 61.4 Å². The second-order valence-electron chi connectivity index (χ2n) is 3.91. The van der Waals surface area contributed by atoms with Crippen molar-refractivity contribution in [2.24, 2.45) is 0 Å². The lowest BCUT2D eigenvalue weighted by molar-refractivity contribution is -0.135. The highest BCUT2D eigenvalue weighted by Crippen LogP contribution is 1.90. The van der Waals surface area contributed by atoms with E-state index in [0.29, 0.717) is 13.1 Å². The van der Waals surface area contributed by atoms with Crippen LogP contribution < -0.4 is 10.6 Å². The third kappa shape index (κ3) is 6.40. The van der Waals surface area contributed by atoms with Crippen LogP contribution in [0.1, 0.15) is 27.7 Å². The van der Waals surface area contributed by atoms with Crippen LogP contribution in [0, 0.1) is 0 Å². The number of nitrogens with one attached hydrogen (secondary N) is 2. The number of hydrogen-bond donors (Lipinski definition) is 2. The normalized spacial score (nSPS) is 10.3. The summed E-state index contributed by atoms with van der Waals surface area (Å²) < 4.78 is 0. The fourth-order valence-corrected chi connectivity index (χ4v) is 1.26.